The number of benzene rings is 1. The Morgan fingerprint density at radius 3 is 2.44 bits per heavy atom. The number of halogens is 3. The van der Waals surface area contributed by atoms with Gasteiger partial charge in [-0.3, -0.25) is 5.43 Å². The molecule has 138 valence electrons. The number of ether oxygens (including phenoxy) is 1. The van der Waals surface area contributed by atoms with E-state index >= 15 is 0 Å². The minimum atomic E-state index is -4.84. The summed E-state index contributed by atoms with van der Waals surface area (Å²) in [5.74, 6) is -1.12. The van der Waals surface area contributed by atoms with Gasteiger partial charge in [0, 0.05) is 0 Å². The molecule has 1 N–H and O–H groups in total. The molecule has 2 aromatic rings. The predicted molar refractivity (Wildman–Crippen MR) is 86.8 cm³/mol. The van der Waals surface area contributed by atoms with E-state index in [1.807, 2.05) is 0 Å². The minimum absolute atomic E-state index is 0.0354. The van der Waals surface area contributed by atoms with E-state index < -0.39 is 29.1 Å². The molecular formula is C16H11F3N6O2. The topological polar surface area (TPSA) is 116 Å². The van der Waals surface area contributed by atoms with Crippen molar-refractivity contribution in [3.8, 4) is 17.8 Å². The van der Waals surface area contributed by atoms with E-state index in [4.69, 9.17) is 10.5 Å². The summed E-state index contributed by atoms with van der Waals surface area (Å²) in [6, 6.07) is 8.44. The molecule has 0 atom stereocenters. The lowest BCUT2D eigenvalue weighted by molar-refractivity contribution is -0.143. The van der Waals surface area contributed by atoms with Crippen LogP contribution >= 0.6 is 0 Å². The minimum Gasteiger partial charge on any atom is -0.462 e. The second-order valence-corrected chi connectivity index (χ2v) is 4.88. The van der Waals surface area contributed by atoms with Crippen molar-refractivity contribution in [3.05, 3.63) is 41.7 Å². The molecule has 1 aromatic carbocycles. The largest absolute Gasteiger partial charge is 0.462 e. The summed E-state index contributed by atoms with van der Waals surface area (Å²) < 4.78 is 45.5. The third kappa shape index (κ3) is 4.41. The van der Waals surface area contributed by atoms with E-state index in [1.54, 1.807) is 12.1 Å². The van der Waals surface area contributed by atoms with Gasteiger partial charge in [0.1, 0.15) is 17.7 Å². The van der Waals surface area contributed by atoms with Crippen LogP contribution < -0.4 is 5.43 Å². The summed E-state index contributed by atoms with van der Waals surface area (Å²) >= 11 is 0. The number of carbonyl (C=O) groups excluding carboxylic acids is 1. The van der Waals surface area contributed by atoms with Gasteiger partial charge in [0.2, 0.25) is 5.71 Å². The first-order valence-corrected chi connectivity index (χ1v) is 7.38. The van der Waals surface area contributed by atoms with Gasteiger partial charge in [0.25, 0.3) is 0 Å². The number of carbonyl (C=O) groups is 1. The molecule has 0 unspecified atom stereocenters. The third-order valence-electron chi connectivity index (χ3n) is 3.15. The number of hydrogen-bond acceptors (Lipinski definition) is 7. The molecule has 0 saturated heterocycles. The molecule has 0 radical (unpaired) electrons. The second kappa shape index (κ2) is 8.01. The van der Waals surface area contributed by atoms with Crippen LogP contribution in [0.2, 0.25) is 0 Å². The highest BCUT2D eigenvalue weighted by Crippen LogP contribution is 2.34. The Morgan fingerprint density at radius 2 is 1.93 bits per heavy atom. The Morgan fingerprint density at radius 1 is 1.30 bits per heavy atom. The maximum absolute atomic E-state index is 13.4. The van der Waals surface area contributed by atoms with Gasteiger partial charge in [-0.25, -0.2) is 9.48 Å². The highest BCUT2D eigenvalue weighted by Gasteiger charge is 2.41. The van der Waals surface area contributed by atoms with Crippen LogP contribution in [0.3, 0.4) is 0 Å². The fourth-order valence-corrected chi connectivity index (χ4v) is 2.05. The normalized spacial score (nSPS) is 10.4. The van der Waals surface area contributed by atoms with Crippen LogP contribution in [0.1, 0.15) is 23.0 Å². The Kier molecular flexibility index (Phi) is 5.78. The van der Waals surface area contributed by atoms with E-state index in [0.717, 1.165) is 6.20 Å². The average Bonchev–Trinajstić information content (AvgIpc) is 3.09. The van der Waals surface area contributed by atoms with Crippen LogP contribution in [-0.2, 0) is 10.9 Å². The van der Waals surface area contributed by atoms with E-state index in [1.165, 1.54) is 31.2 Å². The summed E-state index contributed by atoms with van der Waals surface area (Å²) in [4.78, 5) is 11.8. The fourth-order valence-electron chi connectivity index (χ4n) is 2.05. The van der Waals surface area contributed by atoms with Crippen molar-refractivity contribution in [2.45, 2.75) is 13.1 Å². The van der Waals surface area contributed by atoms with Gasteiger partial charge < -0.3 is 4.74 Å². The van der Waals surface area contributed by atoms with Crippen LogP contribution in [0.4, 0.5) is 18.9 Å². The van der Waals surface area contributed by atoms with Crippen molar-refractivity contribution in [1.29, 1.82) is 10.5 Å². The number of hydrazone groups is 1. The van der Waals surface area contributed by atoms with Gasteiger partial charge in [0.05, 0.1) is 24.2 Å². The standard InChI is InChI=1S/C16H11F3N6O2/c1-2-27-15(26)13-9-22-25(14(13)16(17,18)19)12-5-3-10(4-6-12)23-24-11(7-20)8-21/h3-6,9,23H,2H2,1H3. The quantitative estimate of drug-likeness (QED) is 0.487. The van der Waals surface area contributed by atoms with Gasteiger partial charge in [-0.2, -0.15) is 33.9 Å². The van der Waals surface area contributed by atoms with Crippen molar-refractivity contribution in [1.82, 2.24) is 9.78 Å². The van der Waals surface area contributed by atoms with Crippen LogP contribution in [0.25, 0.3) is 5.69 Å². The van der Waals surface area contributed by atoms with Crippen molar-refractivity contribution < 1.29 is 22.7 Å². The highest BCUT2D eigenvalue weighted by molar-refractivity contribution is 6.10. The molecule has 2 rings (SSSR count). The SMILES string of the molecule is CCOC(=O)c1cnn(-c2ccc(NN=C(C#N)C#N)cc2)c1C(F)(F)F. The van der Waals surface area contributed by atoms with Gasteiger partial charge in [-0.1, -0.05) is 0 Å². The number of hydrogen-bond donors (Lipinski definition) is 1. The first-order valence-electron chi connectivity index (χ1n) is 7.38. The Balaban J connectivity index is 2.39. The third-order valence-corrected chi connectivity index (χ3v) is 3.15. The molecule has 27 heavy (non-hydrogen) atoms. The number of rotatable bonds is 5. The molecule has 1 aromatic heterocycles. The summed E-state index contributed by atoms with van der Waals surface area (Å²) in [6.45, 7) is 1.41. The van der Waals surface area contributed by atoms with E-state index in [-0.39, 0.29) is 12.3 Å². The molecule has 11 heteroatoms. The Labute approximate surface area is 151 Å². The molecule has 0 bridgehead atoms. The zero-order valence-corrected chi connectivity index (χ0v) is 13.8. The number of alkyl halides is 3. The van der Waals surface area contributed by atoms with Crippen molar-refractivity contribution in [2.75, 3.05) is 12.0 Å². The maximum atomic E-state index is 13.4. The molecule has 0 amide bonds. The smallest absolute Gasteiger partial charge is 0.434 e. The maximum Gasteiger partial charge on any atom is 0.434 e. The Bertz CT molecular complexity index is 933. The number of anilines is 1. The molecular weight excluding hydrogens is 365 g/mol. The summed E-state index contributed by atoms with van der Waals surface area (Å²) in [5.41, 5.74) is 0.432. The number of nitrogens with zero attached hydrogens (tertiary/aromatic N) is 5. The molecule has 1 heterocycles. The van der Waals surface area contributed by atoms with Gasteiger partial charge in [-0.15, -0.1) is 0 Å². The number of nitriles is 2. The summed E-state index contributed by atoms with van der Waals surface area (Å²) in [5, 5.41) is 24.3. The Hall–Kier alpha value is -3.86. The number of aromatic nitrogens is 2. The van der Waals surface area contributed by atoms with Gasteiger partial charge in [-0.05, 0) is 31.2 Å². The molecule has 0 aliphatic rings. The van der Waals surface area contributed by atoms with Gasteiger partial charge in [0.15, 0.2) is 5.69 Å². The lowest BCUT2D eigenvalue weighted by Crippen LogP contribution is -2.18. The molecule has 0 aliphatic heterocycles. The molecule has 0 aliphatic carbocycles. The van der Waals surface area contributed by atoms with Crippen molar-refractivity contribution in [3.63, 3.8) is 0 Å². The summed E-state index contributed by atoms with van der Waals surface area (Å²) in [6.07, 6.45) is -4.04. The van der Waals surface area contributed by atoms with Crippen molar-refractivity contribution in [2.24, 2.45) is 5.10 Å². The van der Waals surface area contributed by atoms with E-state index in [0.29, 0.717) is 10.4 Å². The molecule has 0 fully saturated rings. The molecule has 0 saturated carbocycles. The van der Waals surface area contributed by atoms with Crippen molar-refractivity contribution >= 4 is 17.4 Å². The van der Waals surface area contributed by atoms with Crippen LogP contribution in [0.5, 0.6) is 0 Å². The molecule has 8 nitrogen and oxygen atoms in total. The first-order chi connectivity index (χ1) is 12.8. The fraction of sp³-hybridized carbons (Fsp3) is 0.188. The lowest BCUT2D eigenvalue weighted by atomic mass is 10.2. The lowest BCUT2D eigenvalue weighted by Gasteiger charge is -2.12. The van der Waals surface area contributed by atoms with E-state index in [9.17, 15) is 18.0 Å². The zero-order valence-electron chi connectivity index (χ0n) is 13.8. The zero-order chi connectivity index (χ0) is 20.0. The predicted octanol–water partition coefficient (Wildman–Crippen LogP) is 2.88. The van der Waals surface area contributed by atoms with Gasteiger partial charge >= 0.3 is 12.1 Å². The monoisotopic (exact) mass is 376 g/mol. The molecule has 0 spiro atoms. The second-order valence-electron chi connectivity index (χ2n) is 4.88. The highest BCUT2D eigenvalue weighted by atomic mass is 19.4. The van der Waals surface area contributed by atoms with Crippen LogP contribution in [0.15, 0.2) is 35.6 Å². The average molecular weight is 376 g/mol. The number of nitrogens with one attached hydrogen (secondary N) is 1. The number of esters is 1. The van der Waals surface area contributed by atoms with Crippen LogP contribution in [-0.4, -0.2) is 28.1 Å². The summed E-state index contributed by atoms with van der Waals surface area (Å²) in [7, 11) is 0. The first kappa shape index (κ1) is 19.5. The van der Waals surface area contributed by atoms with E-state index in [2.05, 4.69) is 20.4 Å². The van der Waals surface area contributed by atoms with Crippen LogP contribution in [0, 0.1) is 22.7 Å².